The molecule has 0 amide bonds. The van der Waals surface area contributed by atoms with Crippen LogP contribution in [0.1, 0.15) is 38.7 Å². The van der Waals surface area contributed by atoms with Crippen molar-refractivity contribution in [2.45, 2.75) is 25.6 Å². The number of aromatic nitrogens is 1. The van der Waals surface area contributed by atoms with Crippen LogP contribution in [-0.4, -0.2) is 39.2 Å². The van der Waals surface area contributed by atoms with Crippen LogP contribution in [0.4, 0.5) is 5.69 Å². The van der Waals surface area contributed by atoms with E-state index in [4.69, 9.17) is 37.4 Å². The standard InChI is InChI=1S/C32H33Cl2N3O5/c1-36(2)18-24-7-5-6-8-28(24)35-17-21-9-11-22(12-10-21)32(38)42-30(16-25-26(33)19-37(39)20-27(25)34)23-13-14-29(40-3)31(15-23)41-4/h5-15,19-20,30,35H,16-18H2,1-4H3/t30-/m0/s1. The highest BCUT2D eigenvalue weighted by atomic mass is 35.5. The molecule has 4 rings (SSSR count). The SMILES string of the molecule is COc1ccc([C@H](Cc2c(Cl)c[n+]([O-])cc2Cl)OC(=O)c2ccc(CNc3ccccc3CN(C)C)cc2)cc1OC. The Morgan fingerprint density at radius 3 is 2.26 bits per heavy atom. The molecule has 4 aromatic rings. The molecule has 8 nitrogen and oxygen atoms in total. The number of esters is 1. The summed E-state index contributed by atoms with van der Waals surface area (Å²) >= 11 is 12.7. The van der Waals surface area contributed by atoms with Crippen molar-refractivity contribution in [1.29, 1.82) is 0 Å². The molecule has 10 heteroatoms. The van der Waals surface area contributed by atoms with Gasteiger partial charge in [-0.15, -0.1) is 0 Å². The smallest absolute Gasteiger partial charge is 0.338 e. The number of hydrogen-bond acceptors (Lipinski definition) is 7. The van der Waals surface area contributed by atoms with E-state index in [1.807, 2.05) is 38.4 Å². The summed E-state index contributed by atoms with van der Waals surface area (Å²) in [6.07, 6.45) is 1.77. The third-order valence-electron chi connectivity index (χ3n) is 6.65. The molecule has 1 heterocycles. The van der Waals surface area contributed by atoms with Crippen molar-refractivity contribution in [1.82, 2.24) is 4.90 Å². The third-order valence-corrected chi connectivity index (χ3v) is 7.30. The van der Waals surface area contributed by atoms with Crippen molar-refractivity contribution in [3.8, 4) is 11.5 Å². The zero-order chi connectivity index (χ0) is 30.2. The Bertz CT molecular complexity index is 1510. The molecule has 0 saturated carbocycles. The van der Waals surface area contributed by atoms with Crippen molar-refractivity contribution < 1.29 is 23.7 Å². The van der Waals surface area contributed by atoms with Gasteiger partial charge in [0.05, 0.1) is 19.8 Å². The highest BCUT2D eigenvalue weighted by Gasteiger charge is 2.24. The third kappa shape index (κ3) is 7.85. The summed E-state index contributed by atoms with van der Waals surface area (Å²) < 4.78 is 17.3. The van der Waals surface area contributed by atoms with Gasteiger partial charge in [0.2, 0.25) is 0 Å². The summed E-state index contributed by atoms with van der Waals surface area (Å²) in [5.41, 5.74) is 4.79. The topological polar surface area (TPSA) is 87.0 Å². The second-order valence-electron chi connectivity index (χ2n) is 9.95. The Morgan fingerprint density at radius 2 is 1.62 bits per heavy atom. The number of anilines is 1. The van der Waals surface area contributed by atoms with Crippen LogP contribution in [0, 0.1) is 5.21 Å². The monoisotopic (exact) mass is 609 g/mol. The van der Waals surface area contributed by atoms with E-state index in [1.165, 1.54) is 25.1 Å². The number of hydrogen-bond donors (Lipinski definition) is 1. The maximum Gasteiger partial charge on any atom is 0.338 e. The Kier molecular flexibility index (Phi) is 10.5. The number of halogens is 2. The lowest BCUT2D eigenvalue weighted by atomic mass is 10.0. The van der Waals surface area contributed by atoms with Gasteiger partial charge in [0, 0.05) is 30.8 Å². The van der Waals surface area contributed by atoms with Gasteiger partial charge in [0.25, 0.3) is 0 Å². The van der Waals surface area contributed by atoms with E-state index in [9.17, 15) is 10.0 Å². The number of nitrogens with zero attached hydrogens (tertiary/aromatic N) is 2. The predicted octanol–water partition coefficient (Wildman–Crippen LogP) is 6.46. The minimum Gasteiger partial charge on any atom is -0.619 e. The summed E-state index contributed by atoms with van der Waals surface area (Å²) in [6.45, 7) is 1.42. The van der Waals surface area contributed by atoms with E-state index in [1.54, 1.807) is 37.4 Å². The Morgan fingerprint density at radius 1 is 0.952 bits per heavy atom. The van der Waals surface area contributed by atoms with E-state index in [2.05, 4.69) is 22.3 Å². The first-order chi connectivity index (χ1) is 20.2. The highest BCUT2D eigenvalue weighted by molar-refractivity contribution is 6.35. The Balaban J connectivity index is 1.53. The number of carbonyl (C=O) groups excluding carboxylic acids is 1. The van der Waals surface area contributed by atoms with Crippen molar-refractivity contribution in [2.24, 2.45) is 0 Å². The molecule has 0 fully saturated rings. The first-order valence-corrected chi connectivity index (χ1v) is 14.0. The molecule has 0 aliphatic carbocycles. The lowest BCUT2D eigenvalue weighted by Crippen LogP contribution is -2.25. The fourth-order valence-electron chi connectivity index (χ4n) is 4.52. The zero-order valence-corrected chi connectivity index (χ0v) is 25.4. The first kappa shape index (κ1) is 31.0. The van der Waals surface area contributed by atoms with E-state index in [-0.39, 0.29) is 16.5 Å². The van der Waals surface area contributed by atoms with Crippen LogP contribution >= 0.6 is 23.2 Å². The predicted molar refractivity (Wildman–Crippen MR) is 164 cm³/mol. The molecule has 0 aliphatic heterocycles. The number of ether oxygens (including phenoxy) is 3. The van der Waals surface area contributed by atoms with E-state index in [0.29, 0.717) is 39.5 Å². The Hall–Kier alpha value is -3.98. The molecular weight excluding hydrogens is 577 g/mol. The Labute approximate surface area is 255 Å². The van der Waals surface area contributed by atoms with Crippen LogP contribution in [-0.2, 0) is 24.2 Å². The number of pyridine rings is 1. The zero-order valence-electron chi connectivity index (χ0n) is 23.9. The minimum absolute atomic E-state index is 0.133. The van der Waals surface area contributed by atoms with Gasteiger partial charge in [0.15, 0.2) is 23.9 Å². The molecule has 3 aromatic carbocycles. The fourth-order valence-corrected chi connectivity index (χ4v) is 5.11. The van der Waals surface area contributed by atoms with Crippen LogP contribution in [0.5, 0.6) is 11.5 Å². The molecule has 220 valence electrons. The number of nitrogens with one attached hydrogen (secondary N) is 1. The summed E-state index contributed by atoms with van der Waals surface area (Å²) in [4.78, 5) is 15.5. The van der Waals surface area contributed by atoms with E-state index >= 15 is 0 Å². The molecule has 0 unspecified atom stereocenters. The van der Waals surface area contributed by atoms with Crippen LogP contribution in [0.3, 0.4) is 0 Å². The molecule has 42 heavy (non-hydrogen) atoms. The van der Waals surface area contributed by atoms with Gasteiger partial charge >= 0.3 is 5.97 Å². The minimum atomic E-state index is -0.788. The van der Waals surface area contributed by atoms with Crippen molar-refractivity contribution in [3.63, 3.8) is 0 Å². The maximum atomic E-state index is 13.3. The van der Waals surface area contributed by atoms with E-state index < -0.39 is 12.1 Å². The second kappa shape index (κ2) is 14.3. The second-order valence-corrected chi connectivity index (χ2v) is 10.8. The average Bonchev–Trinajstić information content (AvgIpc) is 2.97. The molecule has 1 N–H and O–H groups in total. The number of methoxy groups -OCH3 is 2. The van der Waals surface area contributed by atoms with Crippen LogP contribution in [0.25, 0.3) is 0 Å². The number of para-hydroxylation sites is 1. The molecule has 0 saturated heterocycles. The number of carbonyl (C=O) groups is 1. The van der Waals surface area contributed by atoms with Gasteiger partial charge in [-0.1, -0.05) is 59.6 Å². The van der Waals surface area contributed by atoms with Crippen LogP contribution in [0.15, 0.2) is 79.1 Å². The summed E-state index contributed by atoms with van der Waals surface area (Å²) in [5, 5.41) is 15.6. The number of rotatable bonds is 12. The van der Waals surface area contributed by atoms with Gasteiger partial charge in [-0.25, -0.2) is 4.79 Å². The lowest BCUT2D eigenvalue weighted by Gasteiger charge is -2.21. The fraction of sp³-hybridized carbons (Fsp3) is 0.250. The van der Waals surface area contributed by atoms with Crippen molar-refractivity contribution in [2.75, 3.05) is 33.6 Å². The lowest BCUT2D eigenvalue weighted by molar-refractivity contribution is -0.605. The molecular formula is C32H33Cl2N3O5. The van der Waals surface area contributed by atoms with Crippen molar-refractivity contribution >= 4 is 34.9 Å². The van der Waals surface area contributed by atoms with Gasteiger partial charge in [-0.3, -0.25) is 0 Å². The van der Waals surface area contributed by atoms with Gasteiger partial charge in [0.1, 0.15) is 16.1 Å². The summed E-state index contributed by atoms with van der Waals surface area (Å²) in [7, 11) is 7.14. The van der Waals surface area contributed by atoms with Crippen LogP contribution < -0.4 is 19.5 Å². The quantitative estimate of drug-likeness (QED) is 0.112. The van der Waals surface area contributed by atoms with Gasteiger partial charge < -0.3 is 29.6 Å². The molecule has 1 aromatic heterocycles. The van der Waals surface area contributed by atoms with E-state index in [0.717, 1.165) is 17.8 Å². The summed E-state index contributed by atoms with van der Waals surface area (Å²) in [6, 6.07) is 20.7. The van der Waals surface area contributed by atoms with Crippen LogP contribution in [0.2, 0.25) is 10.0 Å². The largest absolute Gasteiger partial charge is 0.619 e. The molecule has 0 spiro atoms. The average molecular weight is 611 g/mol. The summed E-state index contributed by atoms with van der Waals surface area (Å²) in [5.74, 6) is 0.485. The van der Waals surface area contributed by atoms with Gasteiger partial charge in [-0.2, -0.15) is 4.73 Å². The normalized spacial score (nSPS) is 11.7. The maximum absolute atomic E-state index is 13.3. The highest BCUT2D eigenvalue weighted by Crippen LogP contribution is 2.35. The first-order valence-electron chi connectivity index (χ1n) is 13.2. The van der Waals surface area contributed by atoms with Gasteiger partial charge in [-0.05, 0) is 61.1 Å². The van der Waals surface area contributed by atoms with Crippen molar-refractivity contribution in [3.05, 3.63) is 122 Å². The molecule has 0 bridgehead atoms. The molecule has 0 radical (unpaired) electrons. The number of benzene rings is 3. The molecule has 1 atom stereocenters. The molecule has 0 aliphatic rings.